The van der Waals surface area contributed by atoms with E-state index in [1.54, 1.807) is 18.2 Å². The zero-order chi connectivity index (χ0) is 13.2. The number of nitrogens with one attached hydrogen (secondary N) is 2. The summed E-state index contributed by atoms with van der Waals surface area (Å²) in [5.41, 5.74) is -1.20. The van der Waals surface area contributed by atoms with E-state index in [1.807, 2.05) is 5.10 Å². The lowest BCUT2D eigenvalue weighted by Crippen LogP contribution is -2.15. The van der Waals surface area contributed by atoms with Crippen LogP contribution >= 0.6 is 0 Å². The number of H-pyrrole nitrogens is 1. The number of halogens is 3. The van der Waals surface area contributed by atoms with Gasteiger partial charge in [-0.2, -0.15) is 18.3 Å². The summed E-state index contributed by atoms with van der Waals surface area (Å²) in [6, 6.07) is 7.95. The van der Waals surface area contributed by atoms with E-state index in [0.29, 0.717) is 0 Å². The van der Waals surface area contributed by atoms with Crippen LogP contribution in [0.25, 0.3) is 0 Å². The van der Waals surface area contributed by atoms with E-state index in [-0.39, 0.29) is 5.56 Å². The van der Waals surface area contributed by atoms with Crippen LogP contribution in [0.4, 0.5) is 18.9 Å². The van der Waals surface area contributed by atoms with E-state index < -0.39 is 23.5 Å². The SMILES string of the molecule is O=C(Nc1cn[nH]c1C(F)(F)F)c1ccccc1. The smallest absolute Gasteiger partial charge is 0.319 e. The van der Waals surface area contributed by atoms with Crippen molar-refractivity contribution in [2.45, 2.75) is 6.18 Å². The molecule has 0 radical (unpaired) electrons. The van der Waals surface area contributed by atoms with Gasteiger partial charge >= 0.3 is 6.18 Å². The van der Waals surface area contributed by atoms with Crippen LogP contribution in [0.15, 0.2) is 36.5 Å². The van der Waals surface area contributed by atoms with Gasteiger partial charge in [0, 0.05) is 5.56 Å². The Morgan fingerprint density at radius 3 is 2.50 bits per heavy atom. The lowest BCUT2D eigenvalue weighted by atomic mass is 10.2. The minimum Gasteiger partial charge on any atom is -0.319 e. The quantitative estimate of drug-likeness (QED) is 0.866. The van der Waals surface area contributed by atoms with Crippen LogP contribution in [0.1, 0.15) is 16.1 Å². The van der Waals surface area contributed by atoms with Crippen molar-refractivity contribution in [2.24, 2.45) is 0 Å². The lowest BCUT2D eigenvalue weighted by molar-refractivity contribution is -0.140. The Bertz CT molecular complexity index is 548. The number of rotatable bonds is 2. The molecule has 0 aliphatic carbocycles. The molecule has 1 aromatic carbocycles. The van der Waals surface area contributed by atoms with E-state index in [1.165, 1.54) is 12.1 Å². The van der Waals surface area contributed by atoms with Crippen LogP contribution in [-0.4, -0.2) is 16.1 Å². The molecule has 94 valence electrons. The molecule has 7 heteroatoms. The highest BCUT2D eigenvalue weighted by atomic mass is 19.4. The molecule has 0 spiro atoms. The molecule has 1 amide bonds. The molecule has 1 aromatic heterocycles. The third-order valence-electron chi connectivity index (χ3n) is 2.21. The molecule has 2 N–H and O–H groups in total. The van der Waals surface area contributed by atoms with Crippen LogP contribution in [0.2, 0.25) is 0 Å². The highest BCUT2D eigenvalue weighted by molar-refractivity contribution is 6.04. The second kappa shape index (κ2) is 4.52. The van der Waals surface area contributed by atoms with E-state index in [0.717, 1.165) is 6.20 Å². The Morgan fingerprint density at radius 2 is 1.89 bits per heavy atom. The summed E-state index contributed by atoms with van der Waals surface area (Å²) in [6.07, 6.45) is -3.67. The topological polar surface area (TPSA) is 57.8 Å². The summed E-state index contributed by atoms with van der Waals surface area (Å²) in [6.45, 7) is 0. The summed E-state index contributed by atoms with van der Waals surface area (Å²) in [5, 5.41) is 7.25. The van der Waals surface area contributed by atoms with Crippen LogP contribution in [-0.2, 0) is 6.18 Å². The fourth-order valence-corrected chi connectivity index (χ4v) is 1.38. The molecule has 2 rings (SSSR count). The Morgan fingerprint density at radius 1 is 1.22 bits per heavy atom. The number of benzene rings is 1. The van der Waals surface area contributed by atoms with Crippen LogP contribution in [0.5, 0.6) is 0 Å². The molecule has 0 saturated carbocycles. The number of hydrogen-bond donors (Lipinski definition) is 2. The highest BCUT2D eigenvalue weighted by Gasteiger charge is 2.36. The predicted molar refractivity (Wildman–Crippen MR) is 58.0 cm³/mol. The summed E-state index contributed by atoms with van der Waals surface area (Å²) >= 11 is 0. The van der Waals surface area contributed by atoms with Crippen molar-refractivity contribution in [3.05, 3.63) is 47.8 Å². The molecule has 0 atom stereocenters. The molecule has 0 saturated heterocycles. The summed E-state index contributed by atoms with van der Waals surface area (Å²) in [5.74, 6) is -0.623. The molecular formula is C11H8F3N3O. The number of carbonyl (C=O) groups excluding carboxylic acids is 1. The number of nitrogens with zero attached hydrogens (tertiary/aromatic N) is 1. The third-order valence-corrected chi connectivity index (χ3v) is 2.21. The van der Waals surface area contributed by atoms with E-state index in [2.05, 4.69) is 10.4 Å². The van der Waals surface area contributed by atoms with Crippen molar-refractivity contribution in [3.8, 4) is 0 Å². The van der Waals surface area contributed by atoms with E-state index >= 15 is 0 Å². The number of amides is 1. The van der Waals surface area contributed by atoms with E-state index in [4.69, 9.17) is 0 Å². The predicted octanol–water partition coefficient (Wildman–Crippen LogP) is 2.68. The first-order valence-corrected chi connectivity index (χ1v) is 4.95. The Kier molecular flexibility index (Phi) is 3.05. The van der Waals surface area contributed by atoms with Crippen molar-refractivity contribution in [1.29, 1.82) is 0 Å². The molecule has 0 fully saturated rings. The molecule has 0 aliphatic heterocycles. The minimum atomic E-state index is -4.59. The van der Waals surface area contributed by atoms with Crippen molar-refractivity contribution in [1.82, 2.24) is 10.2 Å². The van der Waals surface area contributed by atoms with Crippen molar-refractivity contribution >= 4 is 11.6 Å². The molecule has 18 heavy (non-hydrogen) atoms. The maximum absolute atomic E-state index is 12.5. The third kappa shape index (κ3) is 2.50. The molecule has 0 aliphatic rings. The van der Waals surface area contributed by atoms with Crippen LogP contribution in [0, 0.1) is 0 Å². The first-order chi connectivity index (χ1) is 8.48. The van der Waals surface area contributed by atoms with Crippen molar-refractivity contribution in [2.75, 3.05) is 5.32 Å². The van der Waals surface area contributed by atoms with Gasteiger partial charge in [-0.3, -0.25) is 9.89 Å². The Labute approximate surface area is 99.8 Å². The van der Waals surface area contributed by atoms with Gasteiger partial charge in [-0.05, 0) is 12.1 Å². The summed E-state index contributed by atoms with van der Waals surface area (Å²) in [4.78, 5) is 11.7. The fourth-order valence-electron chi connectivity index (χ4n) is 1.38. The largest absolute Gasteiger partial charge is 0.434 e. The van der Waals surface area contributed by atoms with Crippen LogP contribution in [0.3, 0.4) is 0 Å². The average molecular weight is 255 g/mol. The monoisotopic (exact) mass is 255 g/mol. The zero-order valence-electron chi connectivity index (χ0n) is 8.95. The second-order valence-electron chi connectivity index (χ2n) is 3.48. The van der Waals surface area contributed by atoms with Crippen molar-refractivity contribution < 1.29 is 18.0 Å². The molecular weight excluding hydrogens is 247 g/mol. The van der Waals surface area contributed by atoms with Crippen molar-refractivity contribution in [3.63, 3.8) is 0 Å². The number of anilines is 1. The maximum Gasteiger partial charge on any atom is 0.434 e. The number of carbonyl (C=O) groups is 1. The lowest BCUT2D eigenvalue weighted by Gasteiger charge is -2.08. The van der Waals surface area contributed by atoms with Gasteiger partial charge in [-0.1, -0.05) is 18.2 Å². The molecule has 1 heterocycles. The van der Waals surface area contributed by atoms with Gasteiger partial charge in [-0.15, -0.1) is 0 Å². The minimum absolute atomic E-state index is 0.270. The van der Waals surface area contributed by atoms with Gasteiger partial charge in [0.25, 0.3) is 5.91 Å². The first kappa shape index (κ1) is 12.2. The van der Waals surface area contributed by atoms with Gasteiger partial charge < -0.3 is 5.32 Å². The van der Waals surface area contributed by atoms with Gasteiger partial charge in [0.2, 0.25) is 0 Å². The van der Waals surface area contributed by atoms with Gasteiger partial charge in [0.15, 0.2) is 5.69 Å². The second-order valence-corrected chi connectivity index (χ2v) is 3.48. The highest BCUT2D eigenvalue weighted by Crippen LogP contribution is 2.32. The van der Waals surface area contributed by atoms with Gasteiger partial charge in [-0.25, -0.2) is 0 Å². The average Bonchev–Trinajstić information content (AvgIpc) is 2.78. The van der Waals surface area contributed by atoms with Crippen LogP contribution < -0.4 is 5.32 Å². The van der Waals surface area contributed by atoms with Gasteiger partial charge in [0.05, 0.1) is 11.9 Å². The Balaban J connectivity index is 2.21. The maximum atomic E-state index is 12.5. The summed E-state index contributed by atoms with van der Waals surface area (Å²) < 4.78 is 37.5. The first-order valence-electron chi connectivity index (χ1n) is 4.95. The Hall–Kier alpha value is -2.31. The number of alkyl halides is 3. The fraction of sp³-hybridized carbons (Fsp3) is 0.0909. The molecule has 0 bridgehead atoms. The number of aromatic nitrogens is 2. The molecule has 4 nitrogen and oxygen atoms in total. The number of hydrogen-bond acceptors (Lipinski definition) is 2. The normalized spacial score (nSPS) is 11.3. The molecule has 0 unspecified atom stereocenters. The number of aromatic amines is 1. The van der Waals surface area contributed by atoms with E-state index in [9.17, 15) is 18.0 Å². The zero-order valence-corrected chi connectivity index (χ0v) is 8.95. The summed E-state index contributed by atoms with van der Waals surface area (Å²) in [7, 11) is 0. The molecule has 2 aromatic rings. The standard InChI is InChI=1S/C11H8F3N3O/c12-11(13,14)9-8(6-15-17-9)16-10(18)7-4-2-1-3-5-7/h1-6H,(H,15,17)(H,16,18). The van der Waals surface area contributed by atoms with Gasteiger partial charge in [0.1, 0.15) is 0 Å².